The van der Waals surface area contributed by atoms with E-state index in [4.69, 9.17) is 0 Å². The molecule has 3 aromatic rings. The van der Waals surface area contributed by atoms with Crippen molar-refractivity contribution in [2.24, 2.45) is 7.05 Å². The molecule has 0 unspecified atom stereocenters. The van der Waals surface area contributed by atoms with Crippen LogP contribution in [0.15, 0.2) is 47.4 Å². The van der Waals surface area contributed by atoms with Gasteiger partial charge in [0.05, 0.1) is 5.56 Å². The van der Waals surface area contributed by atoms with Crippen molar-refractivity contribution in [3.8, 4) is 11.3 Å². The first-order valence-corrected chi connectivity index (χ1v) is 7.99. The lowest BCUT2D eigenvalue weighted by Gasteiger charge is -2.15. The molecule has 0 aliphatic heterocycles. The highest BCUT2D eigenvalue weighted by atomic mass is 16.1. The third-order valence-electron chi connectivity index (χ3n) is 3.82. The lowest BCUT2D eigenvalue weighted by molar-refractivity contribution is 0.101. The van der Waals surface area contributed by atoms with Gasteiger partial charge >= 0.3 is 0 Å². The number of hydrogen-bond acceptors (Lipinski definition) is 5. The van der Waals surface area contributed by atoms with Gasteiger partial charge in [-0.25, -0.2) is 4.68 Å². The first kappa shape index (κ1) is 16.6. The maximum atomic E-state index is 12.8. The molecular weight excluding hydrogens is 318 g/mol. The minimum absolute atomic E-state index is 0.196. The molecular formula is C18H19N5O2. The van der Waals surface area contributed by atoms with E-state index in [1.807, 2.05) is 37.3 Å². The summed E-state index contributed by atoms with van der Waals surface area (Å²) in [5, 5.41) is 11.6. The van der Waals surface area contributed by atoms with Gasteiger partial charge in [-0.15, -0.1) is 0 Å². The van der Waals surface area contributed by atoms with Crippen LogP contribution < -0.4 is 10.9 Å². The van der Waals surface area contributed by atoms with Crippen molar-refractivity contribution in [2.75, 3.05) is 5.32 Å². The minimum Gasteiger partial charge on any atom is -0.334 e. The molecule has 0 fully saturated rings. The second-order valence-electron chi connectivity index (χ2n) is 5.64. The van der Waals surface area contributed by atoms with E-state index in [9.17, 15) is 9.59 Å². The molecule has 0 saturated carbocycles. The number of nitrogens with one attached hydrogen (secondary N) is 1. The first-order chi connectivity index (χ1) is 12.0. The van der Waals surface area contributed by atoms with Gasteiger partial charge in [-0.3, -0.25) is 14.3 Å². The van der Waals surface area contributed by atoms with Crippen LogP contribution in [0.2, 0.25) is 0 Å². The number of Topliss-reactive ketones (excluding diaryl/α,β-unsaturated/α-hetero) is 1. The lowest BCUT2D eigenvalue weighted by Crippen LogP contribution is -2.28. The Balaban J connectivity index is 2.27. The van der Waals surface area contributed by atoms with Crippen LogP contribution in [-0.4, -0.2) is 25.3 Å². The Kier molecular flexibility index (Phi) is 4.47. The fourth-order valence-corrected chi connectivity index (χ4v) is 2.65. The van der Waals surface area contributed by atoms with E-state index < -0.39 is 0 Å². The molecule has 0 atom stereocenters. The number of hydrogen-bond donors (Lipinski definition) is 1. The predicted molar refractivity (Wildman–Crippen MR) is 96.1 cm³/mol. The second kappa shape index (κ2) is 6.72. The van der Waals surface area contributed by atoms with Crippen LogP contribution in [0, 0.1) is 0 Å². The summed E-state index contributed by atoms with van der Waals surface area (Å²) in [6.45, 7) is 3.66. The fourth-order valence-electron chi connectivity index (χ4n) is 2.65. The van der Waals surface area contributed by atoms with Crippen LogP contribution in [0.4, 0.5) is 11.5 Å². The SMILES string of the molecule is CCn1nc(-c2ccccc2)c(C(C)=O)c(Nc2ccn(C)n2)c1=O. The molecule has 2 heterocycles. The smallest absolute Gasteiger partial charge is 0.291 e. The lowest BCUT2D eigenvalue weighted by atomic mass is 10.0. The zero-order valence-electron chi connectivity index (χ0n) is 14.4. The van der Waals surface area contributed by atoms with E-state index in [0.717, 1.165) is 5.56 Å². The second-order valence-corrected chi connectivity index (χ2v) is 5.64. The summed E-state index contributed by atoms with van der Waals surface area (Å²) in [4.78, 5) is 25.1. The van der Waals surface area contributed by atoms with Gasteiger partial charge in [0.1, 0.15) is 11.4 Å². The highest BCUT2D eigenvalue weighted by Crippen LogP contribution is 2.27. The molecule has 0 spiro atoms. The maximum Gasteiger partial charge on any atom is 0.291 e. The Bertz CT molecular complexity index is 973. The molecule has 2 aromatic heterocycles. The summed E-state index contributed by atoms with van der Waals surface area (Å²) in [5.41, 5.74) is 1.37. The Morgan fingerprint density at radius 2 is 1.88 bits per heavy atom. The normalized spacial score (nSPS) is 10.7. The number of carbonyl (C=O) groups excluding carboxylic acids is 1. The Labute approximate surface area is 144 Å². The Hall–Kier alpha value is -3.22. The molecule has 0 aliphatic carbocycles. The minimum atomic E-state index is -0.349. The van der Waals surface area contributed by atoms with E-state index in [1.165, 1.54) is 11.6 Å². The molecule has 0 saturated heterocycles. The Morgan fingerprint density at radius 1 is 1.16 bits per heavy atom. The third kappa shape index (κ3) is 3.21. The van der Waals surface area contributed by atoms with Gasteiger partial charge in [0.2, 0.25) is 0 Å². The van der Waals surface area contributed by atoms with Crippen molar-refractivity contribution in [1.29, 1.82) is 0 Å². The molecule has 1 N–H and O–H groups in total. The standard InChI is InChI=1S/C18H19N5O2/c1-4-23-18(25)17(19-14-10-11-22(3)20-14)15(12(2)24)16(21-23)13-8-6-5-7-9-13/h5-11H,4H2,1-3H3,(H,19,20). The number of aromatic nitrogens is 4. The predicted octanol–water partition coefficient (Wildman–Crippen LogP) is 2.61. The number of aryl methyl sites for hydroxylation is 2. The topological polar surface area (TPSA) is 81.8 Å². The Morgan fingerprint density at radius 3 is 2.44 bits per heavy atom. The van der Waals surface area contributed by atoms with Crippen molar-refractivity contribution >= 4 is 17.3 Å². The molecule has 25 heavy (non-hydrogen) atoms. The number of ketones is 1. The van der Waals surface area contributed by atoms with Gasteiger partial charge in [0.15, 0.2) is 11.6 Å². The number of rotatable bonds is 5. The van der Waals surface area contributed by atoms with E-state index in [0.29, 0.717) is 18.1 Å². The zero-order valence-corrected chi connectivity index (χ0v) is 14.4. The van der Waals surface area contributed by atoms with E-state index in [2.05, 4.69) is 15.5 Å². The molecule has 0 aliphatic rings. The van der Waals surface area contributed by atoms with E-state index >= 15 is 0 Å². The molecule has 0 radical (unpaired) electrons. The summed E-state index contributed by atoms with van der Waals surface area (Å²) in [6, 6.07) is 11.1. The number of anilines is 2. The monoisotopic (exact) mass is 337 g/mol. The zero-order chi connectivity index (χ0) is 18.0. The molecule has 7 heteroatoms. The van der Waals surface area contributed by atoms with Crippen molar-refractivity contribution in [3.05, 3.63) is 58.5 Å². The van der Waals surface area contributed by atoms with Crippen molar-refractivity contribution < 1.29 is 4.79 Å². The van der Waals surface area contributed by atoms with Crippen LogP contribution in [-0.2, 0) is 13.6 Å². The molecule has 3 rings (SSSR count). The summed E-state index contributed by atoms with van der Waals surface area (Å²) in [6.07, 6.45) is 1.76. The fraction of sp³-hybridized carbons (Fsp3) is 0.222. The van der Waals surface area contributed by atoms with E-state index in [1.54, 1.807) is 24.0 Å². The van der Waals surface area contributed by atoms with Crippen molar-refractivity contribution in [3.63, 3.8) is 0 Å². The molecule has 0 bridgehead atoms. The molecule has 7 nitrogen and oxygen atoms in total. The summed E-state index contributed by atoms with van der Waals surface area (Å²) < 4.78 is 2.97. The van der Waals surface area contributed by atoms with Gasteiger partial charge < -0.3 is 5.32 Å². The van der Waals surface area contributed by atoms with Crippen LogP contribution in [0.1, 0.15) is 24.2 Å². The summed E-state index contributed by atoms with van der Waals surface area (Å²) in [7, 11) is 1.78. The average molecular weight is 337 g/mol. The molecule has 128 valence electrons. The largest absolute Gasteiger partial charge is 0.334 e. The van der Waals surface area contributed by atoms with Crippen LogP contribution in [0.3, 0.4) is 0 Å². The molecule has 1 aromatic carbocycles. The quantitative estimate of drug-likeness (QED) is 0.724. The summed E-state index contributed by atoms with van der Waals surface area (Å²) >= 11 is 0. The van der Waals surface area contributed by atoms with Gasteiger partial charge in [-0.1, -0.05) is 30.3 Å². The highest BCUT2D eigenvalue weighted by molar-refractivity contribution is 6.05. The average Bonchev–Trinajstić information content (AvgIpc) is 3.02. The number of carbonyl (C=O) groups is 1. The summed E-state index contributed by atoms with van der Waals surface area (Å²) in [5.74, 6) is 0.264. The first-order valence-electron chi connectivity index (χ1n) is 7.99. The van der Waals surface area contributed by atoms with Gasteiger partial charge in [-0.05, 0) is 13.8 Å². The van der Waals surface area contributed by atoms with Crippen LogP contribution >= 0.6 is 0 Å². The van der Waals surface area contributed by atoms with Gasteiger partial charge in [-0.2, -0.15) is 10.2 Å². The van der Waals surface area contributed by atoms with E-state index in [-0.39, 0.29) is 22.6 Å². The third-order valence-corrected chi connectivity index (χ3v) is 3.82. The van der Waals surface area contributed by atoms with Crippen molar-refractivity contribution in [2.45, 2.75) is 20.4 Å². The van der Waals surface area contributed by atoms with Crippen LogP contribution in [0.25, 0.3) is 11.3 Å². The van der Waals surface area contributed by atoms with Gasteiger partial charge in [0, 0.05) is 31.4 Å². The highest BCUT2D eigenvalue weighted by Gasteiger charge is 2.22. The number of benzene rings is 1. The van der Waals surface area contributed by atoms with Gasteiger partial charge in [0.25, 0.3) is 5.56 Å². The molecule has 0 amide bonds. The van der Waals surface area contributed by atoms with Crippen molar-refractivity contribution in [1.82, 2.24) is 19.6 Å². The van der Waals surface area contributed by atoms with Crippen LogP contribution in [0.5, 0.6) is 0 Å². The maximum absolute atomic E-state index is 12.8. The number of nitrogens with zero attached hydrogens (tertiary/aromatic N) is 4.